The molecule has 1 atom stereocenters. The number of likely N-dealkylation sites (tertiary alicyclic amines) is 1. The molecule has 2 N–H and O–H groups in total. The Morgan fingerprint density at radius 3 is 2.69 bits per heavy atom. The van der Waals surface area contributed by atoms with Crippen molar-refractivity contribution in [1.82, 2.24) is 15.0 Å². The fourth-order valence-electron chi connectivity index (χ4n) is 3.42. The van der Waals surface area contributed by atoms with Crippen molar-refractivity contribution in [3.63, 3.8) is 0 Å². The third-order valence-electron chi connectivity index (χ3n) is 5.10. The van der Waals surface area contributed by atoms with Gasteiger partial charge in [0.15, 0.2) is 5.82 Å². The third-order valence-corrected chi connectivity index (χ3v) is 5.84. The lowest BCUT2D eigenvalue weighted by Gasteiger charge is -2.34. The van der Waals surface area contributed by atoms with E-state index in [2.05, 4.69) is 10.1 Å². The van der Waals surface area contributed by atoms with Crippen molar-refractivity contribution in [3.05, 3.63) is 45.5 Å². The van der Waals surface area contributed by atoms with Gasteiger partial charge in [-0.05, 0) is 50.3 Å². The average molecular weight is 418 g/mol. The van der Waals surface area contributed by atoms with E-state index in [9.17, 15) is 4.79 Å². The molecule has 1 saturated heterocycles. The number of nitrogens with two attached hydrogens (primary N) is 1. The largest absolute Gasteiger partial charge is 0.337 e. The molecule has 2 fully saturated rings. The summed E-state index contributed by atoms with van der Waals surface area (Å²) < 4.78 is 5.45. The molecule has 26 heavy (non-hydrogen) atoms. The fraction of sp³-hybridized carbons (Fsp3) is 0.471. The summed E-state index contributed by atoms with van der Waals surface area (Å²) in [7, 11) is 0. The molecule has 0 spiro atoms. The number of halogens is 3. The number of hydrogen-bond donors (Lipinski definition) is 1. The molecular formula is C17H19Cl3N4O2. The van der Waals surface area contributed by atoms with Crippen LogP contribution < -0.4 is 5.73 Å². The van der Waals surface area contributed by atoms with E-state index < -0.39 is 5.54 Å². The van der Waals surface area contributed by atoms with Crippen LogP contribution in [0.3, 0.4) is 0 Å². The first-order chi connectivity index (χ1) is 12.0. The highest BCUT2D eigenvalue weighted by Gasteiger charge is 2.41. The van der Waals surface area contributed by atoms with Crippen LogP contribution in [0.2, 0.25) is 10.0 Å². The number of carbonyl (C=O) groups is 1. The van der Waals surface area contributed by atoms with Gasteiger partial charge in [0.1, 0.15) is 6.04 Å². The molecule has 6 nitrogen and oxygen atoms in total. The minimum atomic E-state index is -0.473. The van der Waals surface area contributed by atoms with Crippen LogP contribution >= 0.6 is 35.6 Å². The highest BCUT2D eigenvalue weighted by molar-refractivity contribution is 6.42. The van der Waals surface area contributed by atoms with Crippen LogP contribution in [0.15, 0.2) is 22.7 Å². The lowest BCUT2D eigenvalue weighted by molar-refractivity contribution is 0.0710. The minimum absolute atomic E-state index is 0. The zero-order valence-electron chi connectivity index (χ0n) is 14.0. The van der Waals surface area contributed by atoms with E-state index in [-0.39, 0.29) is 24.4 Å². The number of rotatable bonds is 3. The number of aromatic nitrogens is 2. The summed E-state index contributed by atoms with van der Waals surface area (Å²) in [5.74, 6) is 0.882. The maximum absolute atomic E-state index is 12.9. The Morgan fingerprint density at radius 1 is 1.27 bits per heavy atom. The zero-order valence-corrected chi connectivity index (χ0v) is 16.3. The zero-order chi connectivity index (χ0) is 17.6. The summed E-state index contributed by atoms with van der Waals surface area (Å²) >= 11 is 12.0. The second-order valence-electron chi connectivity index (χ2n) is 6.75. The SMILES string of the molecule is Cl.NC1(c2noc(C3CCCN3C(=O)c3ccc(Cl)c(Cl)c3)n2)CCC1. The van der Waals surface area contributed by atoms with Gasteiger partial charge in [0.2, 0.25) is 5.89 Å². The Morgan fingerprint density at radius 2 is 2.04 bits per heavy atom. The van der Waals surface area contributed by atoms with Crippen LogP contribution in [0.25, 0.3) is 0 Å². The van der Waals surface area contributed by atoms with Crippen molar-refractivity contribution in [2.24, 2.45) is 5.73 Å². The van der Waals surface area contributed by atoms with Gasteiger partial charge in [0.05, 0.1) is 15.6 Å². The highest BCUT2D eigenvalue weighted by Crippen LogP contribution is 2.39. The van der Waals surface area contributed by atoms with Gasteiger partial charge in [0.25, 0.3) is 5.91 Å². The fourth-order valence-corrected chi connectivity index (χ4v) is 3.71. The molecule has 0 bridgehead atoms. The van der Waals surface area contributed by atoms with Crippen molar-refractivity contribution in [1.29, 1.82) is 0 Å². The van der Waals surface area contributed by atoms with E-state index in [4.69, 9.17) is 33.5 Å². The maximum atomic E-state index is 12.9. The molecule has 4 rings (SSSR count). The predicted molar refractivity (Wildman–Crippen MR) is 101 cm³/mol. The van der Waals surface area contributed by atoms with Gasteiger partial charge in [-0.25, -0.2) is 0 Å². The Labute approximate surface area is 167 Å². The molecule has 1 unspecified atom stereocenters. The Kier molecular flexibility index (Phi) is 5.49. The van der Waals surface area contributed by atoms with Crippen LogP contribution in [0.5, 0.6) is 0 Å². The van der Waals surface area contributed by atoms with E-state index in [0.29, 0.717) is 33.9 Å². The molecule has 1 aromatic heterocycles. The summed E-state index contributed by atoms with van der Waals surface area (Å²) in [6.07, 6.45) is 4.46. The molecule has 2 heterocycles. The van der Waals surface area contributed by atoms with E-state index in [1.54, 1.807) is 23.1 Å². The molecule has 1 aliphatic carbocycles. The first kappa shape index (κ1) is 19.4. The van der Waals surface area contributed by atoms with Gasteiger partial charge in [-0.2, -0.15) is 4.98 Å². The van der Waals surface area contributed by atoms with Crippen molar-refractivity contribution >= 4 is 41.5 Å². The van der Waals surface area contributed by atoms with Crippen LogP contribution in [-0.4, -0.2) is 27.5 Å². The molecule has 9 heteroatoms. The third kappa shape index (κ3) is 3.31. The summed E-state index contributed by atoms with van der Waals surface area (Å²) in [5.41, 5.74) is 6.28. The quantitative estimate of drug-likeness (QED) is 0.812. The van der Waals surface area contributed by atoms with Crippen LogP contribution in [0.1, 0.15) is 60.2 Å². The van der Waals surface area contributed by atoms with Crippen LogP contribution in [0.4, 0.5) is 0 Å². The van der Waals surface area contributed by atoms with Gasteiger partial charge in [-0.1, -0.05) is 28.4 Å². The monoisotopic (exact) mass is 416 g/mol. The van der Waals surface area contributed by atoms with Gasteiger partial charge in [-0.15, -0.1) is 12.4 Å². The smallest absolute Gasteiger partial charge is 0.254 e. The molecule has 2 aliphatic rings. The number of benzene rings is 1. The van der Waals surface area contributed by atoms with Crippen LogP contribution in [0, 0.1) is 0 Å². The highest BCUT2D eigenvalue weighted by atomic mass is 35.5. The topological polar surface area (TPSA) is 85.2 Å². The summed E-state index contributed by atoms with van der Waals surface area (Å²) in [4.78, 5) is 19.1. The van der Waals surface area contributed by atoms with Crippen molar-refractivity contribution in [2.45, 2.75) is 43.7 Å². The second-order valence-corrected chi connectivity index (χ2v) is 7.57. The Balaban J connectivity index is 0.00000196. The lowest BCUT2D eigenvalue weighted by atomic mass is 9.77. The normalized spacial score (nSPS) is 21.2. The minimum Gasteiger partial charge on any atom is -0.337 e. The Bertz CT molecular complexity index is 822. The number of nitrogens with zero attached hydrogens (tertiary/aromatic N) is 3. The van der Waals surface area contributed by atoms with E-state index in [1.165, 1.54) is 0 Å². The molecule has 1 aromatic carbocycles. The second kappa shape index (κ2) is 7.35. The van der Waals surface area contributed by atoms with Gasteiger partial charge < -0.3 is 15.2 Å². The van der Waals surface area contributed by atoms with E-state index in [1.807, 2.05) is 0 Å². The molecule has 0 radical (unpaired) electrons. The summed E-state index contributed by atoms with van der Waals surface area (Å²) in [6, 6.07) is 4.66. The van der Waals surface area contributed by atoms with E-state index >= 15 is 0 Å². The van der Waals surface area contributed by atoms with Gasteiger partial charge in [0, 0.05) is 12.1 Å². The molecular weight excluding hydrogens is 399 g/mol. The first-order valence-electron chi connectivity index (χ1n) is 8.37. The number of hydrogen-bond acceptors (Lipinski definition) is 5. The van der Waals surface area contributed by atoms with Gasteiger partial charge in [-0.3, -0.25) is 4.79 Å². The average Bonchev–Trinajstić information content (AvgIpc) is 3.23. The van der Waals surface area contributed by atoms with Crippen molar-refractivity contribution in [2.75, 3.05) is 6.54 Å². The maximum Gasteiger partial charge on any atom is 0.254 e. The van der Waals surface area contributed by atoms with Gasteiger partial charge >= 0.3 is 0 Å². The van der Waals surface area contributed by atoms with E-state index in [0.717, 1.165) is 32.1 Å². The number of amides is 1. The lowest BCUT2D eigenvalue weighted by Crippen LogP contribution is -2.44. The van der Waals surface area contributed by atoms with Crippen molar-refractivity contribution in [3.8, 4) is 0 Å². The summed E-state index contributed by atoms with van der Waals surface area (Å²) in [6.45, 7) is 0.634. The molecule has 2 aromatic rings. The summed E-state index contributed by atoms with van der Waals surface area (Å²) in [5, 5.41) is 4.84. The molecule has 1 saturated carbocycles. The predicted octanol–water partition coefficient (Wildman–Crippen LogP) is 4.11. The number of carbonyl (C=O) groups excluding carboxylic acids is 1. The first-order valence-corrected chi connectivity index (χ1v) is 9.12. The Hall–Kier alpha value is -1.34. The molecule has 1 amide bonds. The van der Waals surface area contributed by atoms with Crippen molar-refractivity contribution < 1.29 is 9.32 Å². The molecule has 1 aliphatic heterocycles. The molecule has 140 valence electrons. The standard InChI is InChI=1S/C17H18Cl2N4O2.ClH/c18-11-5-4-10(9-12(11)19)15(24)23-8-1-3-13(23)14-21-16(22-25-14)17(20)6-2-7-17;/h4-5,9,13H,1-3,6-8,20H2;1H. The van der Waals surface area contributed by atoms with Crippen LogP contribution in [-0.2, 0) is 5.54 Å².